The van der Waals surface area contributed by atoms with Gasteiger partial charge >= 0.3 is 13.2 Å². The number of benzene rings is 1. The molecule has 0 spiro atoms. The van der Waals surface area contributed by atoms with E-state index in [2.05, 4.69) is 12.6 Å². The SMILES string of the molecule is CC1(C)OB(c2cc3ccc(S)cc3n2C(=O)O)OC1(C)C. The normalized spacial score (nSPS) is 19.8. The molecule has 3 rings (SSSR count). The molecule has 0 radical (unpaired) electrons. The molecule has 0 saturated carbocycles. The van der Waals surface area contributed by atoms with Crippen molar-refractivity contribution in [3.63, 3.8) is 0 Å². The first-order chi connectivity index (χ1) is 10.1. The molecule has 2 heterocycles. The lowest BCUT2D eigenvalue weighted by atomic mass is 9.84. The number of carboxylic acid groups (broad SMARTS) is 1. The van der Waals surface area contributed by atoms with E-state index in [4.69, 9.17) is 9.31 Å². The van der Waals surface area contributed by atoms with Gasteiger partial charge in [-0.25, -0.2) is 4.79 Å². The molecule has 1 aliphatic rings. The van der Waals surface area contributed by atoms with E-state index >= 15 is 0 Å². The second-order valence-corrected chi connectivity index (χ2v) is 7.03. The molecule has 1 aromatic carbocycles. The fourth-order valence-electron chi connectivity index (χ4n) is 2.56. The molecule has 116 valence electrons. The number of carbonyl (C=O) groups is 1. The molecule has 0 aliphatic carbocycles. The molecule has 0 unspecified atom stereocenters. The fraction of sp³-hybridized carbons (Fsp3) is 0.400. The van der Waals surface area contributed by atoms with E-state index in [1.165, 1.54) is 4.57 Å². The zero-order valence-electron chi connectivity index (χ0n) is 13.0. The van der Waals surface area contributed by atoms with Crippen molar-refractivity contribution in [2.24, 2.45) is 0 Å². The summed E-state index contributed by atoms with van der Waals surface area (Å²) in [5, 5.41) is 10.4. The van der Waals surface area contributed by atoms with Crippen molar-refractivity contribution in [2.45, 2.75) is 43.8 Å². The van der Waals surface area contributed by atoms with Crippen LogP contribution in [0, 0.1) is 0 Å². The van der Waals surface area contributed by atoms with Crippen LogP contribution in [-0.4, -0.2) is 34.1 Å². The number of rotatable bonds is 1. The van der Waals surface area contributed by atoms with Gasteiger partial charge in [-0.3, -0.25) is 4.57 Å². The minimum atomic E-state index is -1.07. The van der Waals surface area contributed by atoms with Gasteiger partial charge in [-0.05, 0) is 51.3 Å². The monoisotopic (exact) mass is 319 g/mol. The first kappa shape index (κ1) is 15.5. The van der Waals surface area contributed by atoms with Crippen molar-refractivity contribution in [3.05, 3.63) is 24.3 Å². The number of hydrogen-bond donors (Lipinski definition) is 2. The maximum atomic E-state index is 11.7. The molecule has 1 N–H and O–H groups in total. The lowest BCUT2D eigenvalue weighted by Crippen LogP contribution is -2.41. The summed E-state index contributed by atoms with van der Waals surface area (Å²) < 4.78 is 13.2. The Bertz CT molecular complexity index is 752. The molecule has 0 amide bonds. The number of thiol groups is 1. The molecule has 22 heavy (non-hydrogen) atoms. The van der Waals surface area contributed by atoms with Crippen LogP contribution in [0.4, 0.5) is 4.79 Å². The van der Waals surface area contributed by atoms with Crippen LogP contribution < -0.4 is 5.59 Å². The number of fused-ring (bicyclic) bond motifs is 1. The van der Waals surface area contributed by atoms with Gasteiger partial charge in [0, 0.05) is 4.90 Å². The van der Waals surface area contributed by atoms with Gasteiger partial charge in [-0.2, -0.15) is 0 Å². The third-order valence-electron chi connectivity index (χ3n) is 4.50. The minimum Gasteiger partial charge on any atom is -0.464 e. The number of hydrogen-bond acceptors (Lipinski definition) is 4. The standard InChI is InChI=1S/C15H18BNO4S/c1-14(2)15(3,4)21-16(20-14)12-7-9-5-6-10(22)8-11(9)17(12)13(18)19/h5-8,22H,1-4H3,(H,18,19). The van der Waals surface area contributed by atoms with Gasteiger partial charge in [0.25, 0.3) is 0 Å². The van der Waals surface area contributed by atoms with Crippen LogP contribution >= 0.6 is 12.6 Å². The van der Waals surface area contributed by atoms with Crippen molar-refractivity contribution >= 4 is 42.3 Å². The first-order valence-corrected chi connectivity index (χ1v) is 7.50. The van der Waals surface area contributed by atoms with Crippen LogP contribution in [0.5, 0.6) is 0 Å². The van der Waals surface area contributed by atoms with E-state index < -0.39 is 24.4 Å². The van der Waals surface area contributed by atoms with E-state index in [0.29, 0.717) is 16.0 Å². The van der Waals surface area contributed by atoms with E-state index in [0.717, 1.165) is 5.39 Å². The quantitative estimate of drug-likeness (QED) is 0.627. The highest BCUT2D eigenvalue weighted by Crippen LogP contribution is 2.37. The summed E-state index contributed by atoms with van der Waals surface area (Å²) in [6.07, 6.45) is -1.07. The summed E-state index contributed by atoms with van der Waals surface area (Å²) >= 11 is 4.28. The minimum absolute atomic E-state index is 0.472. The van der Waals surface area contributed by atoms with Crippen molar-refractivity contribution in [1.29, 1.82) is 0 Å². The Balaban J connectivity index is 2.16. The molecule has 1 fully saturated rings. The molecule has 2 aromatic rings. The summed E-state index contributed by atoms with van der Waals surface area (Å²) in [6, 6.07) is 7.18. The van der Waals surface area contributed by atoms with Crippen LogP contribution in [0.15, 0.2) is 29.2 Å². The zero-order valence-corrected chi connectivity index (χ0v) is 13.8. The van der Waals surface area contributed by atoms with E-state index in [9.17, 15) is 9.90 Å². The maximum absolute atomic E-state index is 11.7. The van der Waals surface area contributed by atoms with E-state index in [1.807, 2.05) is 39.8 Å². The Hall–Kier alpha value is -1.44. The highest BCUT2D eigenvalue weighted by atomic mass is 32.1. The molecular formula is C15H18BNO4S. The third kappa shape index (κ3) is 2.24. The van der Waals surface area contributed by atoms with Crippen LogP contribution in [0.3, 0.4) is 0 Å². The zero-order chi connectivity index (χ0) is 16.3. The van der Waals surface area contributed by atoms with Crippen molar-refractivity contribution in [3.8, 4) is 0 Å². The highest BCUT2D eigenvalue weighted by Gasteiger charge is 2.53. The average molecular weight is 319 g/mol. The van der Waals surface area contributed by atoms with Crippen molar-refractivity contribution < 1.29 is 19.2 Å². The van der Waals surface area contributed by atoms with Crippen LogP contribution in [0.25, 0.3) is 10.9 Å². The fourth-order valence-corrected chi connectivity index (χ4v) is 2.76. The Morgan fingerprint density at radius 2 is 1.77 bits per heavy atom. The Labute approximate surface area is 134 Å². The Morgan fingerprint density at radius 1 is 1.18 bits per heavy atom. The molecule has 1 aliphatic heterocycles. The number of aromatic nitrogens is 1. The highest BCUT2D eigenvalue weighted by molar-refractivity contribution is 7.80. The van der Waals surface area contributed by atoms with E-state index in [1.54, 1.807) is 12.1 Å². The Morgan fingerprint density at radius 3 is 2.32 bits per heavy atom. The van der Waals surface area contributed by atoms with Crippen LogP contribution in [0.1, 0.15) is 27.7 Å². The van der Waals surface area contributed by atoms with Crippen molar-refractivity contribution in [1.82, 2.24) is 4.57 Å². The van der Waals surface area contributed by atoms with Crippen molar-refractivity contribution in [2.75, 3.05) is 0 Å². The van der Waals surface area contributed by atoms with Gasteiger partial charge in [0.05, 0.1) is 22.3 Å². The summed E-state index contributed by atoms with van der Waals surface area (Å²) in [5.41, 5.74) is 0.00278. The van der Waals surface area contributed by atoms with Crippen LogP contribution in [0.2, 0.25) is 0 Å². The van der Waals surface area contributed by atoms with Gasteiger partial charge < -0.3 is 14.4 Å². The molecule has 1 aromatic heterocycles. The second-order valence-electron chi connectivity index (χ2n) is 6.52. The lowest BCUT2D eigenvalue weighted by molar-refractivity contribution is 0.00578. The third-order valence-corrected chi connectivity index (χ3v) is 4.78. The smallest absolute Gasteiger partial charge is 0.464 e. The molecule has 0 atom stereocenters. The largest absolute Gasteiger partial charge is 0.513 e. The maximum Gasteiger partial charge on any atom is 0.513 e. The molecule has 7 heteroatoms. The summed E-state index contributed by atoms with van der Waals surface area (Å²) in [6.45, 7) is 7.75. The predicted octanol–water partition coefficient (Wildman–Crippen LogP) is 2.76. The molecule has 5 nitrogen and oxygen atoms in total. The van der Waals surface area contributed by atoms with Gasteiger partial charge in [0.2, 0.25) is 0 Å². The van der Waals surface area contributed by atoms with Crippen LogP contribution in [-0.2, 0) is 9.31 Å². The predicted molar refractivity (Wildman–Crippen MR) is 88.3 cm³/mol. The van der Waals surface area contributed by atoms with Gasteiger partial charge in [0.15, 0.2) is 0 Å². The Kier molecular flexibility index (Phi) is 3.36. The summed E-state index contributed by atoms with van der Waals surface area (Å²) in [5.74, 6) is 0. The molecular weight excluding hydrogens is 301 g/mol. The molecule has 1 saturated heterocycles. The number of nitrogens with zero attached hydrogens (tertiary/aromatic N) is 1. The topological polar surface area (TPSA) is 60.7 Å². The average Bonchev–Trinajstić information content (AvgIpc) is 2.84. The lowest BCUT2D eigenvalue weighted by Gasteiger charge is -2.32. The van der Waals surface area contributed by atoms with Gasteiger partial charge in [-0.15, -0.1) is 12.6 Å². The van der Waals surface area contributed by atoms with E-state index in [-0.39, 0.29) is 0 Å². The van der Waals surface area contributed by atoms with Gasteiger partial charge in [-0.1, -0.05) is 6.07 Å². The summed E-state index contributed by atoms with van der Waals surface area (Å²) in [7, 11) is -0.725. The summed E-state index contributed by atoms with van der Waals surface area (Å²) in [4.78, 5) is 12.4. The molecule has 0 bridgehead atoms. The first-order valence-electron chi connectivity index (χ1n) is 7.06. The van der Waals surface area contributed by atoms with Gasteiger partial charge in [0.1, 0.15) is 0 Å². The second kappa shape index (κ2) is 4.78.